The molecule has 1 aromatic carbocycles. The molecule has 98 valence electrons. The van der Waals surface area contributed by atoms with Gasteiger partial charge in [-0.1, -0.05) is 17.4 Å². The quantitative estimate of drug-likeness (QED) is 0.782. The summed E-state index contributed by atoms with van der Waals surface area (Å²) in [4.78, 5) is 9.53. The van der Waals surface area contributed by atoms with Gasteiger partial charge in [0.25, 0.3) is 0 Å². The Kier molecular flexibility index (Phi) is 2.74. The highest BCUT2D eigenvalue weighted by atomic mass is 32.1. The first-order valence-electron chi connectivity index (χ1n) is 5.99. The lowest BCUT2D eigenvalue weighted by Gasteiger charge is -2.04. The summed E-state index contributed by atoms with van der Waals surface area (Å²) < 4.78 is 15.8. The van der Waals surface area contributed by atoms with Crippen LogP contribution in [0, 0.1) is 12.7 Å². The third kappa shape index (κ3) is 1.79. The fourth-order valence-corrected chi connectivity index (χ4v) is 3.06. The number of thiazole rings is 1. The SMILES string of the molecule is CCn1c(-c2sc(N)nc2C)nc2c(F)cccc21. The maximum atomic E-state index is 13.8. The number of hydrogen-bond acceptors (Lipinski definition) is 4. The van der Waals surface area contributed by atoms with Crippen molar-refractivity contribution < 1.29 is 4.39 Å². The molecule has 2 heterocycles. The lowest BCUT2D eigenvalue weighted by atomic mass is 10.3. The van der Waals surface area contributed by atoms with Gasteiger partial charge in [0.1, 0.15) is 5.52 Å². The number of nitrogens with zero attached hydrogens (tertiary/aromatic N) is 3. The number of rotatable bonds is 2. The maximum absolute atomic E-state index is 13.8. The predicted octanol–water partition coefficient (Wildman–Crippen LogP) is 3.21. The van der Waals surface area contributed by atoms with Gasteiger partial charge in [0, 0.05) is 6.54 Å². The molecule has 6 heteroatoms. The molecular formula is C13H13FN4S. The van der Waals surface area contributed by atoms with Crippen LogP contribution in [0.2, 0.25) is 0 Å². The number of halogens is 1. The van der Waals surface area contributed by atoms with Gasteiger partial charge in [0.05, 0.1) is 16.1 Å². The van der Waals surface area contributed by atoms with E-state index in [9.17, 15) is 4.39 Å². The van der Waals surface area contributed by atoms with E-state index in [2.05, 4.69) is 9.97 Å². The molecule has 3 aromatic rings. The van der Waals surface area contributed by atoms with E-state index in [1.54, 1.807) is 6.07 Å². The molecule has 0 unspecified atom stereocenters. The largest absolute Gasteiger partial charge is 0.375 e. The van der Waals surface area contributed by atoms with E-state index in [-0.39, 0.29) is 5.82 Å². The van der Waals surface area contributed by atoms with E-state index in [4.69, 9.17) is 5.73 Å². The van der Waals surface area contributed by atoms with Crippen LogP contribution in [0.25, 0.3) is 21.7 Å². The first-order chi connectivity index (χ1) is 9.11. The van der Waals surface area contributed by atoms with Crippen LogP contribution in [0.3, 0.4) is 0 Å². The van der Waals surface area contributed by atoms with E-state index in [0.717, 1.165) is 21.9 Å². The number of fused-ring (bicyclic) bond motifs is 1. The third-order valence-corrected chi connectivity index (χ3v) is 4.04. The first kappa shape index (κ1) is 12.1. The molecular weight excluding hydrogens is 263 g/mol. The molecule has 0 spiro atoms. The molecule has 0 aliphatic rings. The highest BCUT2D eigenvalue weighted by molar-refractivity contribution is 7.18. The lowest BCUT2D eigenvalue weighted by molar-refractivity contribution is 0.637. The van der Waals surface area contributed by atoms with E-state index in [0.29, 0.717) is 17.2 Å². The number of hydrogen-bond donors (Lipinski definition) is 1. The van der Waals surface area contributed by atoms with Crippen molar-refractivity contribution in [3.8, 4) is 10.7 Å². The summed E-state index contributed by atoms with van der Waals surface area (Å²) in [5.74, 6) is 0.426. The molecule has 0 fully saturated rings. The van der Waals surface area contributed by atoms with Gasteiger partial charge in [-0.15, -0.1) is 0 Å². The van der Waals surface area contributed by atoms with Gasteiger partial charge < -0.3 is 10.3 Å². The Morgan fingerprint density at radius 3 is 2.79 bits per heavy atom. The van der Waals surface area contributed by atoms with E-state index >= 15 is 0 Å². The highest BCUT2D eigenvalue weighted by Gasteiger charge is 2.18. The molecule has 0 aliphatic heterocycles. The average molecular weight is 276 g/mol. The fourth-order valence-electron chi connectivity index (χ4n) is 2.23. The molecule has 19 heavy (non-hydrogen) atoms. The van der Waals surface area contributed by atoms with Crippen molar-refractivity contribution in [2.24, 2.45) is 0 Å². The Bertz CT molecular complexity index is 759. The van der Waals surface area contributed by atoms with Crippen molar-refractivity contribution >= 4 is 27.5 Å². The Morgan fingerprint density at radius 2 is 2.16 bits per heavy atom. The molecule has 0 saturated carbocycles. The third-order valence-electron chi connectivity index (χ3n) is 3.06. The van der Waals surface area contributed by atoms with Crippen molar-refractivity contribution in [1.82, 2.24) is 14.5 Å². The van der Waals surface area contributed by atoms with Crippen LogP contribution in [0.5, 0.6) is 0 Å². The molecule has 0 radical (unpaired) electrons. The number of imidazole rings is 1. The number of anilines is 1. The molecule has 3 rings (SSSR count). The second kappa shape index (κ2) is 4.31. The van der Waals surface area contributed by atoms with E-state index in [1.165, 1.54) is 17.4 Å². The molecule has 0 amide bonds. The standard InChI is InChI=1S/C13H13FN4S/c1-3-18-9-6-4-5-8(14)10(9)17-12(18)11-7(2)16-13(15)19-11/h4-6H,3H2,1-2H3,(H2,15,16). The van der Waals surface area contributed by atoms with Crippen LogP contribution < -0.4 is 5.73 Å². The summed E-state index contributed by atoms with van der Waals surface area (Å²) in [6.07, 6.45) is 0. The number of nitrogens with two attached hydrogens (primary N) is 1. The van der Waals surface area contributed by atoms with Crippen LogP contribution in [0.4, 0.5) is 9.52 Å². The molecule has 4 nitrogen and oxygen atoms in total. The van der Waals surface area contributed by atoms with Gasteiger partial charge >= 0.3 is 0 Å². The molecule has 2 N–H and O–H groups in total. The van der Waals surface area contributed by atoms with E-state index in [1.807, 2.05) is 24.5 Å². The molecule has 0 bridgehead atoms. The van der Waals surface area contributed by atoms with Gasteiger partial charge in [-0.3, -0.25) is 0 Å². The Hall–Kier alpha value is -1.95. The minimum absolute atomic E-state index is 0.305. The molecule has 0 aliphatic carbocycles. The summed E-state index contributed by atoms with van der Waals surface area (Å²) in [5.41, 5.74) is 7.74. The van der Waals surface area contributed by atoms with Crippen LogP contribution in [-0.4, -0.2) is 14.5 Å². The summed E-state index contributed by atoms with van der Waals surface area (Å²) in [5, 5.41) is 0.502. The van der Waals surface area contributed by atoms with Gasteiger partial charge in [0.2, 0.25) is 0 Å². The topological polar surface area (TPSA) is 56.7 Å². The molecule has 0 saturated heterocycles. The number of aryl methyl sites for hydroxylation is 2. The Morgan fingerprint density at radius 1 is 1.37 bits per heavy atom. The second-order valence-corrected chi connectivity index (χ2v) is 5.28. The smallest absolute Gasteiger partial charge is 0.180 e. The van der Waals surface area contributed by atoms with Crippen molar-refractivity contribution in [2.75, 3.05) is 5.73 Å². The number of aromatic nitrogens is 3. The minimum Gasteiger partial charge on any atom is -0.375 e. The van der Waals surface area contributed by atoms with Crippen LogP contribution in [0.1, 0.15) is 12.6 Å². The van der Waals surface area contributed by atoms with Crippen molar-refractivity contribution in [3.63, 3.8) is 0 Å². The van der Waals surface area contributed by atoms with Crippen LogP contribution in [-0.2, 0) is 6.54 Å². The average Bonchev–Trinajstić information content (AvgIpc) is 2.90. The summed E-state index contributed by atoms with van der Waals surface area (Å²) in [7, 11) is 0. The molecule has 2 aromatic heterocycles. The Labute approximate surface area is 113 Å². The number of para-hydroxylation sites is 1. The zero-order valence-electron chi connectivity index (χ0n) is 10.6. The fraction of sp³-hybridized carbons (Fsp3) is 0.231. The summed E-state index contributed by atoms with van der Waals surface area (Å²) in [6, 6.07) is 4.99. The number of benzene rings is 1. The van der Waals surface area contributed by atoms with Crippen molar-refractivity contribution in [3.05, 3.63) is 29.7 Å². The Balaban J connectivity index is 2.35. The summed E-state index contributed by atoms with van der Waals surface area (Å²) >= 11 is 1.38. The highest BCUT2D eigenvalue weighted by Crippen LogP contribution is 2.33. The molecule has 0 atom stereocenters. The van der Waals surface area contributed by atoms with Gasteiger partial charge in [-0.25, -0.2) is 14.4 Å². The van der Waals surface area contributed by atoms with Crippen molar-refractivity contribution in [2.45, 2.75) is 20.4 Å². The minimum atomic E-state index is -0.305. The van der Waals surface area contributed by atoms with Crippen molar-refractivity contribution in [1.29, 1.82) is 0 Å². The zero-order valence-corrected chi connectivity index (χ0v) is 11.5. The zero-order chi connectivity index (χ0) is 13.6. The second-order valence-electron chi connectivity index (χ2n) is 4.25. The predicted molar refractivity (Wildman–Crippen MR) is 75.6 cm³/mol. The van der Waals surface area contributed by atoms with Gasteiger partial charge in [-0.2, -0.15) is 0 Å². The van der Waals surface area contributed by atoms with Crippen LogP contribution >= 0.6 is 11.3 Å². The first-order valence-corrected chi connectivity index (χ1v) is 6.81. The van der Waals surface area contributed by atoms with Gasteiger partial charge in [-0.05, 0) is 26.0 Å². The lowest BCUT2D eigenvalue weighted by Crippen LogP contribution is -1.97. The number of nitrogen functional groups attached to an aromatic ring is 1. The monoisotopic (exact) mass is 276 g/mol. The van der Waals surface area contributed by atoms with E-state index < -0.39 is 0 Å². The maximum Gasteiger partial charge on any atom is 0.180 e. The normalized spacial score (nSPS) is 11.3. The van der Waals surface area contributed by atoms with Gasteiger partial charge in [0.15, 0.2) is 16.8 Å². The van der Waals surface area contributed by atoms with Crippen LogP contribution in [0.15, 0.2) is 18.2 Å². The summed E-state index contributed by atoms with van der Waals surface area (Å²) in [6.45, 7) is 4.61.